The molecule has 2 amide bonds. The van der Waals surface area contributed by atoms with Gasteiger partial charge in [-0.2, -0.15) is 0 Å². The van der Waals surface area contributed by atoms with Crippen LogP contribution in [-0.4, -0.2) is 63.0 Å². The average molecular weight is 789 g/mol. The summed E-state index contributed by atoms with van der Waals surface area (Å²) in [5.41, 5.74) is 6.26. The first-order chi connectivity index (χ1) is 28.0. The number of H-pyrrole nitrogens is 3. The van der Waals surface area contributed by atoms with Gasteiger partial charge >= 0.3 is 17.9 Å². The summed E-state index contributed by atoms with van der Waals surface area (Å²) in [4.78, 5) is 69.1. The van der Waals surface area contributed by atoms with Gasteiger partial charge in [0, 0.05) is 56.0 Å². The Kier molecular flexibility index (Phi) is 16.7. The van der Waals surface area contributed by atoms with E-state index in [1.807, 2.05) is 97.2 Å². The Morgan fingerprint density at radius 3 is 1.34 bits per heavy atom. The molecule has 3 aromatic carbocycles. The smallest absolute Gasteiger partial charge is 0.354 e. The van der Waals surface area contributed by atoms with Gasteiger partial charge in [-0.1, -0.05) is 54.6 Å². The average Bonchev–Trinajstić information content (AvgIpc) is 4.02. The zero-order valence-corrected chi connectivity index (χ0v) is 32.9. The number of nitrogens with one attached hydrogen (secondary N) is 4. The number of aromatic carboxylic acids is 1. The second kappa shape index (κ2) is 22.3. The van der Waals surface area contributed by atoms with Crippen LogP contribution in [0.15, 0.2) is 128 Å². The van der Waals surface area contributed by atoms with Gasteiger partial charge in [0.2, 0.25) is 11.8 Å². The van der Waals surface area contributed by atoms with E-state index in [1.165, 1.54) is 19.9 Å². The number of hydrogen-bond donors (Lipinski definition) is 5. The molecule has 0 aliphatic rings. The molecule has 14 heteroatoms. The molecule has 3 aromatic heterocycles. The summed E-state index contributed by atoms with van der Waals surface area (Å²) in [5.74, 6) is -1.87. The summed E-state index contributed by atoms with van der Waals surface area (Å²) in [7, 11) is 0. The number of carboxylic acids is 1. The first kappa shape index (κ1) is 43.4. The summed E-state index contributed by atoms with van der Waals surface area (Å²) in [5, 5.41) is 12.1. The minimum Gasteiger partial charge on any atom is -0.477 e. The van der Waals surface area contributed by atoms with Gasteiger partial charge in [-0.25, -0.2) is 14.4 Å². The van der Waals surface area contributed by atoms with E-state index >= 15 is 0 Å². The van der Waals surface area contributed by atoms with Crippen molar-refractivity contribution in [2.75, 3.05) is 28.3 Å². The van der Waals surface area contributed by atoms with Crippen molar-refractivity contribution >= 4 is 46.8 Å². The van der Waals surface area contributed by atoms with Gasteiger partial charge in [-0.05, 0) is 85.1 Å². The fraction of sp³-hybridized carbons (Fsp3) is 0.205. The molecule has 6 rings (SSSR count). The monoisotopic (exact) mass is 788 g/mol. The highest BCUT2D eigenvalue weighted by atomic mass is 16.5. The van der Waals surface area contributed by atoms with E-state index < -0.39 is 11.9 Å². The molecule has 3 heterocycles. The quantitative estimate of drug-likeness (QED) is 0.0686. The largest absolute Gasteiger partial charge is 0.477 e. The Balaban J connectivity index is 0.000000193. The SMILES string of the molecule is CC(=O)N(Cc1c[nH]c(C(=O)O)c1)c1ccccc1.CCOC(=O)c1cc(CN(C(C)=O)c2ccccc2)c[nH]1.CCOC(=O)c1cc(CNc2ccccc2)c[nH]1. The number of rotatable bonds is 14. The van der Waals surface area contributed by atoms with E-state index in [-0.39, 0.29) is 23.5 Å². The molecule has 58 heavy (non-hydrogen) atoms. The van der Waals surface area contributed by atoms with E-state index in [9.17, 15) is 24.0 Å². The maximum Gasteiger partial charge on any atom is 0.354 e. The molecular formula is C44H48N6O8. The van der Waals surface area contributed by atoms with E-state index in [0.29, 0.717) is 44.2 Å². The summed E-state index contributed by atoms with van der Waals surface area (Å²) >= 11 is 0. The predicted molar refractivity (Wildman–Crippen MR) is 222 cm³/mol. The molecule has 0 aliphatic carbocycles. The van der Waals surface area contributed by atoms with Gasteiger partial charge in [0.25, 0.3) is 0 Å². The molecule has 0 saturated heterocycles. The van der Waals surface area contributed by atoms with Crippen LogP contribution in [0.25, 0.3) is 0 Å². The number of aromatic amines is 3. The van der Waals surface area contributed by atoms with Crippen LogP contribution in [0, 0.1) is 0 Å². The van der Waals surface area contributed by atoms with Gasteiger partial charge in [0.1, 0.15) is 17.1 Å². The van der Waals surface area contributed by atoms with Crippen LogP contribution in [0.1, 0.15) is 75.9 Å². The van der Waals surface area contributed by atoms with E-state index in [4.69, 9.17) is 14.6 Å². The van der Waals surface area contributed by atoms with Crippen LogP contribution in [-0.2, 0) is 38.7 Å². The van der Waals surface area contributed by atoms with Crippen LogP contribution in [0.5, 0.6) is 0 Å². The van der Waals surface area contributed by atoms with Crippen molar-refractivity contribution in [2.45, 2.75) is 47.3 Å². The number of nitrogens with zero attached hydrogens (tertiary/aromatic N) is 2. The standard InChI is InChI=1S/C16H18N2O3.C14H14N2O3.C14H16N2O2/c1-3-21-16(20)15-9-13(10-17-15)11-18(12(2)19)14-7-5-4-6-8-14;1-10(17)16(12-5-3-2-4-6-12)9-11-7-13(14(18)19)15-8-11;1-2-18-14(17)13-8-11(10-16-13)9-15-12-6-4-3-5-7-12/h4-10,17H,3,11H2,1-2H3;2-8,15H,9H2,1H3,(H,18,19);3-8,10,15-16H,2,9H2,1H3. The van der Waals surface area contributed by atoms with Crippen LogP contribution in [0.2, 0.25) is 0 Å². The van der Waals surface area contributed by atoms with Gasteiger partial charge < -0.3 is 44.6 Å². The highest BCUT2D eigenvalue weighted by Crippen LogP contribution is 2.19. The molecule has 0 bridgehead atoms. The molecule has 0 radical (unpaired) electrons. The normalized spacial score (nSPS) is 10.1. The second-order valence-corrected chi connectivity index (χ2v) is 12.6. The van der Waals surface area contributed by atoms with Crippen LogP contribution in [0.3, 0.4) is 0 Å². The number of benzene rings is 3. The maximum atomic E-state index is 11.8. The summed E-state index contributed by atoms with van der Waals surface area (Å²) in [6, 6.07) is 33.6. The predicted octanol–water partition coefficient (Wildman–Crippen LogP) is 7.81. The summed E-state index contributed by atoms with van der Waals surface area (Å²) < 4.78 is 9.84. The van der Waals surface area contributed by atoms with E-state index in [0.717, 1.165) is 33.8 Å². The third-order valence-electron chi connectivity index (χ3n) is 8.30. The highest BCUT2D eigenvalue weighted by molar-refractivity contribution is 5.92. The maximum absolute atomic E-state index is 11.8. The third kappa shape index (κ3) is 13.4. The fourth-order valence-corrected chi connectivity index (χ4v) is 5.49. The van der Waals surface area contributed by atoms with Crippen molar-refractivity contribution in [2.24, 2.45) is 0 Å². The lowest BCUT2D eigenvalue weighted by molar-refractivity contribution is -0.117. The first-order valence-electron chi connectivity index (χ1n) is 18.5. The van der Waals surface area contributed by atoms with Gasteiger partial charge in [-0.15, -0.1) is 0 Å². The van der Waals surface area contributed by atoms with Crippen molar-refractivity contribution in [3.63, 3.8) is 0 Å². The van der Waals surface area contributed by atoms with E-state index in [2.05, 4.69) is 20.3 Å². The summed E-state index contributed by atoms with van der Waals surface area (Å²) in [6.07, 6.45) is 5.12. The zero-order chi connectivity index (χ0) is 41.9. The molecule has 0 aliphatic heterocycles. The number of carbonyl (C=O) groups excluding carboxylic acids is 4. The molecule has 0 spiro atoms. The van der Waals surface area contributed by atoms with Crippen LogP contribution >= 0.6 is 0 Å². The zero-order valence-electron chi connectivity index (χ0n) is 32.9. The fourth-order valence-electron chi connectivity index (χ4n) is 5.49. The molecule has 14 nitrogen and oxygen atoms in total. The van der Waals surface area contributed by atoms with Crippen molar-refractivity contribution in [3.05, 3.63) is 162 Å². The summed E-state index contributed by atoms with van der Waals surface area (Å²) in [6.45, 7) is 8.67. The van der Waals surface area contributed by atoms with Gasteiger partial charge in [-0.3, -0.25) is 9.59 Å². The molecular weight excluding hydrogens is 741 g/mol. The van der Waals surface area contributed by atoms with E-state index in [1.54, 1.807) is 48.2 Å². The highest BCUT2D eigenvalue weighted by Gasteiger charge is 2.16. The third-order valence-corrected chi connectivity index (χ3v) is 8.30. The minimum absolute atomic E-state index is 0.0555. The number of anilines is 3. The molecule has 0 unspecified atom stereocenters. The van der Waals surface area contributed by atoms with Crippen molar-refractivity contribution in [3.8, 4) is 0 Å². The van der Waals surface area contributed by atoms with Crippen LogP contribution in [0.4, 0.5) is 17.1 Å². The molecule has 302 valence electrons. The van der Waals surface area contributed by atoms with Gasteiger partial charge in [0.15, 0.2) is 0 Å². The van der Waals surface area contributed by atoms with Crippen molar-refractivity contribution < 1.29 is 38.6 Å². The minimum atomic E-state index is -1.01. The number of para-hydroxylation sites is 3. The number of carboxylic acid groups (broad SMARTS) is 1. The number of amides is 2. The second-order valence-electron chi connectivity index (χ2n) is 12.6. The lowest BCUT2D eigenvalue weighted by atomic mass is 10.2. The molecule has 0 fully saturated rings. The molecule has 0 saturated carbocycles. The number of ether oxygens (including phenoxy) is 2. The van der Waals surface area contributed by atoms with Crippen molar-refractivity contribution in [1.82, 2.24) is 15.0 Å². The Bertz CT molecular complexity index is 2210. The lowest BCUT2D eigenvalue weighted by Crippen LogP contribution is -2.27. The Hall–Kier alpha value is -7.35. The number of hydrogen-bond acceptors (Lipinski definition) is 8. The molecule has 6 aromatic rings. The Morgan fingerprint density at radius 1 is 0.569 bits per heavy atom. The Labute approximate surface area is 336 Å². The lowest BCUT2D eigenvalue weighted by Gasteiger charge is -2.20. The molecule has 5 N–H and O–H groups in total. The number of aromatic nitrogens is 3. The number of carbonyl (C=O) groups is 5. The molecule has 0 atom stereocenters. The van der Waals surface area contributed by atoms with Crippen molar-refractivity contribution in [1.29, 1.82) is 0 Å². The topological polar surface area (TPSA) is 190 Å². The van der Waals surface area contributed by atoms with Gasteiger partial charge in [0.05, 0.1) is 26.3 Å². The first-order valence-corrected chi connectivity index (χ1v) is 18.5. The van der Waals surface area contributed by atoms with Crippen LogP contribution < -0.4 is 15.1 Å². The Morgan fingerprint density at radius 2 is 0.948 bits per heavy atom. The number of esters is 2.